The van der Waals surface area contributed by atoms with E-state index in [-0.39, 0.29) is 30.4 Å². The summed E-state index contributed by atoms with van der Waals surface area (Å²) in [5, 5.41) is 2.70. The van der Waals surface area contributed by atoms with Gasteiger partial charge in [0.25, 0.3) is 5.91 Å². The Balaban J connectivity index is 1.63. The number of carbonyl (C=O) groups excluding carboxylic acids is 2. The minimum absolute atomic E-state index is 0.0330. The van der Waals surface area contributed by atoms with Gasteiger partial charge in [0.1, 0.15) is 12.4 Å². The molecule has 2 unspecified atom stereocenters. The Kier molecular flexibility index (Phi) is 7.15. The van der Waals surface area contributed by atoms with E-state index in [4.69, 9.17) is 11.6 Å². The van der Waals surface area contributed by atoms with Gasteiger partial charge in [-0.2, -0.15) is 0 Å². The minimum Gasteiger partial charge on any atom is -0.330 e. The van der Waals surface area contributed by atoms with Gasteiger partial charge in [0.15, 0.2) is 0 Å². The number of benzene rings is 2. The van der Waals surface area contributed by atoms with E-state index in [1.807, 2.05) is 43.0 Å². The molecule has 1 aromatic heterocycles. The Bertz CT molecular complexity index is 1130. The number of hydrogen-bond donors (Lipinski definition) is 0. The molecule has 0 spiro atoms. The van der Waals surface area contributed by atoms with Gasteiger partial charge in [-0.1, -0.05) is 30.7 Å². The SMILES string of the molecule is CCC(C)N(CC(=O)N1CCc2sccc2C1c1ccc(Cl)cc1)C(=O)c1ccc(F)cc1. The third kappa shape index (κ3) is 4.97. The van der Waals surface area contributed by atoms with E-state index in [1.54, 1.807) is 16.2 Å². The fourth-order valence-corrected chi connectivity index (χ4v) is 5.26. The van der Waals surface area contributed by atoms with Crippen LogP contribution in [0.1, 0.15) is 52.7 Å². The fraction of sp³-hybridized carbons (Fsp3) is 0.308. The average Bonchev–Trinajstić information content (AvgIpc) is 3.31. The van der Waals surface area contributed by atoms with Crippen LogP contribution in [0.5, 0.6) is 0 Å². The molecule has 172 valence electrons. The Morgan fingerprint density at radius 3 is 2.52 bits per heavy atom. The molecule has 7 heteroatoms. The Morgan fingerprint density at radius 1 is 1.15 bits per heavy atom. The molecule has 0 saturated heterocycles. The van der Waals surface area contributed by atoms with Crippen LogP contribution in [0.25, 0.3) is 0 Å². The van der Waals surface area contributed by atoms with Crippen molar-refractivity contribution in [3.8, 4) is 0 Å². The highest BCUT2D eigenvalue weighted by Gasteiger charge is 2.34. The summed E-state index contributed by atoms with van der Waals surface area (Å²) >= 11 is 7.81. The van der Waals surface area contributed by atoms with Crippen LogP contribution in [-0.2, 0) is 11.2 Å². The normalized spacial score (nSPS) is 16.2. The van der Waals surface area contributed by atoms with Gasteiger partial charge in [-0.3, -0.25) is 9.59 Å². The highest BCUT2D eigenvalue weighted by Crippen LogP contribution is 2.38. The number of fused-ring (bicyclic) bond motifs is 1. The monoisotopic (exact) mass is 484 g/mol. The van der Waals surface area contributed by atoms with E-state index in [9.17, 15) is 14.0 Å². The zero-order chi connectivity index (χ0) is 23.5. The largest absolute Gasteiger partial charge is 0.330 e. The van der Waals surface area contributed by atoms with Crippen LogP contribution in [0.15, 0.2) is 60.0 Å². The van der Waals surface area contributed by atoms with Gasteiger partial charge in [-0.25, -0.2) is 4.39 Å². The molecular weight excluding hydrogens is 459 g/mol. The van der Waals surface area contributed by atoms with Crippen LogP contribution in [0.2, 0.25) is 5.02 Å². The quantitative estimate of drug-likeness (QED) is 0.433. The van der Waals surface area contributed by atoms with Crippen LogP contribution in [0.3, 0.4) is 0 Å². The van der Waals surface area contributed by atoms with E-state index in [0.717, 1.165) is 17.5 Å². The van der Waals surface area contributed by atoms with E-state index >= 15 is 0 Å². The topological polar surface area (TPSA) is 40.6 Å². The molecule has 0 radical (unpaired) electrons. The molecule has 1 aliphatic rings. The Morgan fingerprint density at radius 2 is 1.85 bits per heavy atom. The van der Waals surface area contributed by atoms with Crippen molar-refractivity contribution < 1.29 is 14.0 Å². The summed E-state index contributed by atoms with van der Waals surface area (Å²) in [5.74, 6) is -0.778. The van der Waals surface area contributed by atoms with Gasteiger partial charge in [-0.15, -0.1) is 11.3 Å². The Hall–Kier alpha value is -2.70. The maximum atomic E-state index is 13.7. The lowest BCUT2D eigenvalue weighted by atomic mass is 9.93. The number of hydrogen-bond acceptors (Lipinski definition) is 3. The van der Waals surface area contributed by atoms with Crippen molar-refractivity contribution in [3.05, 3.63) is 92.4 Å². The molecule has 0 saturated carbocycles. The van der Waals surface area contributed by atoms with E-state index in [0.29, 0.717) is 23.6 Å². The van der Waals surface area contributed by atoms with Crippen LogP contribution in [-0.4, -0.2) is 40.7 Å². The number of halogens is 2. The van der Waals surface area contributed by atoms with Gasteiger partial charge in [0, 0.05) is 28.0 Å². The third-order valence-corrected chi connectivity index (χ3v) is 7.50. The molecule has 4 nitrogen and oxygen atoms in total. The molecule has 3 aromatic rings. The number of rotatable bonds is 6. The van der Waals surface area contributed by atoms with Crippen LogP contribution < -0.4 is 0 Å². The lowest BCUT2D eigenvalue weighted by Crippen LogP contribution is -2.49. The van der Waals surface area contributed by atoms with Gasteiger partial charge >= 0.3 is 0 Å². The van der Waals surface area contributed by atoms with Crippen molar-refractivity contribution in [1.29, 1.82) is 0 Å². The third-order valence-electron chi connectivity index (χ3n) is 6.25. The summed E-state index contributed by atoms with van der Waals surface area (Å²) in [6.45, 7) is 4.46. The van der Waals surface area contributed by atoms with E-state index < -0.39 is 5.82 Å². The fourth-order valence-electron chi connectivity index (χ4n) is 4.23. The standard InChI is InChI=1S/C26H26ClFN2O2S/c1-3-17(2)30(26(32)19-6-10-21(28)11-7-19)16-24(31)29-14-12-23-22(13-15-33-23)25(29)18-4-8-20(27)9-5-18/h4-11,13,15,17,25H,3,12,14,16H2,1-2H3. The summed E-state index contributed by atoms with van der Waals surface area (Å²) < 4.78 is 13.4. The molecule has 2 aromatic carbocycles. The molecule has 0 fully saturated rings. The lowest BCUT2D eigenvalue weighted by molar-refractivity contribution is -0.134. The smallest absolute Gasteiger partial charge is 0.254 e. The first-order valence-electron chi connectivity index (χ1n) is 11.1. The van der Waals surface area contributed by atoms with Gasteiger partial charge in [-0.05, 0) is 78.7 Å². The highest BCUT2D eigenvalue weighted by atomic mass is 35.5. The second-order valence-corrected chi connectivity index (χ2v) is 9.72. The lowest BCUT2D eigenvalue weighted by Gasteiger charge is -2.38. The first kappa shape index (κ1) is 23.5. The number of nitrogens with zero attached hydrogens (tertiary/aromatic N) is 2. The van der Waals surface area contributed by atoms with Gasteiger partial charge in [0.2, 0.25) is 5.91 Å². The summed E-state index contributed by atoms with van der Waals surface area (Å²) in [7, 11) is 0. The minimum atomic E-state index is -0.400. The molecule has 2 atom stereocenters. The number of thiophene rings is 1. The second kappa shape index (κ2) is 10.1. The van der Waals surface area contributed by atoms with E-state index in [2.05, 4.69) is 11.4 Å². The molecule has 0 N–H and O–H groups in total. The molecule has 33 heavy (non-hydrogen) atoms. The zero-order valence-corrected chi connectivity index (χ0v) is 20.2. The van der Waals surface area contributed by atoms with Crippen molar-refractivity contribution >= 4 is 34.8 Å². The molecule has 0 bridgehead atoms. The molecule has 2 heterocycles. The van der Waals surface area contributed by atoms with Crippen LogP contribution in [0, 0.1) is 5.82 Å². The van der Waals surface area contributed by atoms with Gasteiger partial charge < -0.3 is 9.80 Å². The highest BCUT2D eigenvalue weighted by molar-refractivity contribution is 7.10. The average molecular weight is 485 g/mol. The van der Waals surface area contributed by atoms with Crippen LogP contribution >= 0.6 is 22.9 Å². The number of carbonyl (C=O) groups is 2. The van der Waals surface area contributed by atoms with Gasteiger partial charge in [0.05, 0.1) is 6.04 Å². The predicted octanol–water partition coefficient (Wildman–Crippen LogP) is 5.96. The maximum Gasteiger partial charge on any atom is 0.254 e. The van der Waals surface area contributed by atoms with Crippen LogP contribution in [0.4, 0.5) is 4.39 Å². The zero-order valence-electron chi connectivity index (χ0n) is 18.6. The molecule has 0 aliphatic carbocycles. The summed E-state index contributed by atoms with van der Waals surface area (Å²) in [6, 6.07) is 14.8. The summed E-state index contributed by atoms with van der Waals surface area (Å²) in [4.78, 5) is 31.6. The van der Waals surface area contributed by atoms with E-state index in [1.165, 1.54) is 29.1 Å². The second-order valence-electron chi connectivity index (χ2n) is 8.29. The summed E-state index contributed by atoms with van der Waals surface area (Å²) in [6.07, 6.45) is 1.49. The van der Waals surface area contributed by atoms with Crippen molar-refractivity contribution in [2.24, 2.45) is 0 Å². The first-order chi connectivity index (χ1) is 15.9. The maximum absolute atomic E-state index is 13.7. The number of amides is 2. The summed E-state index contributed by atoms with van der Waals surface area (Å²) in [5.41, 5.74) is 2.49. The first-order valence-corrected chi connectivity index (χ1v) is 12.3. The molecular formula is C26H26ClFN2O2S. The molecule has 2 amide bonds. The Labute approximate surface area is 202 Å². The molecule has 1 aliphatic heterocycles. The van der Waals surface area contributed by atoms with Crippen molar-refractivity contribution in [3.63, 3.8) is 0 Å². The predicted molar refractivity (Wildman–Crippen MR) is 130 cm³/mol. The van der Waals surface area contributed by atoms with Crippen molar-refractivity contribution in [1.82, 2.24) is 9.80 Å². The molecule has 4 rings (SSSR count). The van der Waals surface area contributed by atoms with Crippen molar-refractivity contribution in [2.75, 3.05) is 13.1 Å². The van der Waals surface area contributed by atoms with Crippen molar-refractivity contribution in [2.45, 2.75) is 38.8 Å².